The summed E-state index contributed by atoms with van der Waals surface area (Å²) in [5, 5.41) is 31.4. The number of rotatable bonds is 7. The molecule has 8 heteroatoms. The first kappa shape index (κ1) is 26.6. The average Bonchev–Trinajstić information content (AvgIpc) is 3.08. The van der Waals surface area contributed by atoms with E-state index in [0.29, 0.717) is 29.7 Å². The summed E-state index contributed by atoms with van der Waals surface area (Å²) < 4.78 is 4.61. The zero-order valence-electron chi connectivity index (χ0n) is 21.0. The maximum Gasteiger partial charge on any atom is 0.423 e. The molecule has 1 aromatic rings. The lowest BCUT2D eigenvalue weighted by Gasteiger charge is -2.36. The van der Waals surface area contributed by atoms with Gasteiger partial charge < -0.3 is 20.1 Å². The fourth-order valence-corrected chi connectivity index (χ4v) is 5.52. The number of likely N-dealkylation sites (tertiary alicyclic amines) is 1. The Labute approximate surface area is 205 Å². The summed E-state index contributed by atoms with van der Waals surface area (Å²) in [6, 6.07) is 3.80. The number of phenolic OH excluding ortho intramolecular Hbond substituents is 1. The van der Waals surface area contributed by atoms with Crippen LogP contribution < -0.4 is 0 Å². The van der Waals surface area contributed by atoms with Crippen molar-refractivity contribution in [1.29, 1.82) is 0 Å². The first-order valence-electron chi connectivity index (χ1n) is 12.0. The number of ether oxygens (including phenoxy) is 1. The lowest BCUT2D eigenvalue weighted by atomic mass is 9.67. The predicted molar refractivity (Wildman–Crippen MR) is 130 cm³/mol. The smallest absolute Gasteiger partial charge is 0.423 e. The SMILES string of the molecule is CCC1=C([C@H](O)CC/C(C)=C/c2cc(C)c(O)c(C)c2)[C@H](CO)[C@@H]2C(=O)N(C(=O)OC)C(=O)[C@@H]2C1. The van der Waals surface area contributed by atoms with Gasteiger partial charge in [0, 0.05) is 5.92 Å². The van der Waals surface area contributed by atoms with Crippen LogP contribution in [-0.4, -0.2) is 57.9 Å². The summed E-state index contributed by atoms with van der Waals surface area (Å²) in [4.78, 5) is 38.4. The van der Waals surface area contributed by atoms with Crippen molar-refractivity contribution >= 4 is 24.0 Å². The maximum absolute atomic E-state index is 13.0. The van der Waals surface area contributed by atoms with Crippen molar-refractivity contribution in [3.05, 3.63) is 45.5 Å². The van der Waals surface area contributed by atoms with Crippen molar-refractivity contribution in [3.8, 4) is 5.75 Å². The van der Waals surface area contributed by atoms with Crippen LogP contribution in [0.3, 0.4) is 0 Å². The average molecular weight is 486 g/mol. The summed E-state index contributed by atoms with van der Waals surface area (Å²) >= 11 is 0. The Hall–Kier alpha value is -2.97. The molecule has 0 aromatic heterocycles. The van der Waals surface area contributed by atoms with Gasteiger partial charge in [-0.1, -0.05) is 24.1 Å². The normalized spacial score (nSPS) is 23.6. The van der Waals surface area contributed by atoms with E-state index in [9.17, 15) is 29.7 Å². The first-order valence-corrected chi connectivity index (χ1v) is 12.0. The molecule has 35 heavy (non-hydrogen) atoms. The number of amides is 3. The summed E-state index contributed by atoms with van der Waals surface area (Å²) in [5.74, 6) is -3.39. The highest BCUT2D eigenvalue weighted by Gasteiger charge is 2.56. The molecule has 1 saturated heterocycles. The highest BCUT2D eigenvalue weighted by Crippen LogP contribution is 2.47. The van der Waals surface area contributed by atoms with Crippen molar-refractivity contribution < 1.29 is 34.4 Å². The maximum atomic E-state index is 13.0. The molecule has 4 atom stereocenters. The Balaban J connectivity index is 1.82. The summed E-state index contributed by atoms with van der Waals surface area (Å²) in [7, 11) is 1.11. The number of allylic oxidation sites excluding steroid dienone is 2. The van der Waals surface area contributed by atoms with Gasteiger partial charge in [0.25, 0.3) is 0 Å². The van der Waals surface area contributed by atoms with Gasteiger partial charge in [0.05, 0.1) is 31.7 Å². The summed E-state index contributed by atoms with van der Waals surface area (Å²) in [6.07, 6.45) is 1.88. The van der Waals surface area contributed by atoms with E-state index in [1.807, 2.05) is 45.9 Å². The van der Waals surface area contributed by atoms with Crippen LogP contribution in [0.2, 0.25) is 0 Å². The van der Waals surface area contributed by atoms with Crippen LogP contribution in [0.4, 0.5) is 4.79 Å². The molecule has 0 spiro atoms. The molecule has 0 bridgehead atoms. The van der Waals surface area contributed by atoms with Crippen LogP contribution in [-0.2, 0) is 14.3 Å². The number of nitrogens with zero attached hydrogens (tertiary/aromatic N) is 1. The molecule has 0 unspecified atom stereocenters. The number of hydrogen-bond acceptors (Lipinski definition) is 7. The fraction of sp³-hybridized carbons (Fsp3) is 0.519. The van der Waals surface area contributed by atoms with Crippen molar-refractivity contribution in [2.75, 3.05) is 13.7 Å². The van der Waals surface area contributed by atoms with Crippen LogP contribution in [0.15, 0.2) is 28.9 Å². The number of aliphatic hydroxyl groups excluding tert-OH is 2. The topological polar surface area (TPSA) is 124 Å². The Kier molecular flexibility index (Phi) is 8.18. The number of benzene rings is 1. The second kappa shape index (κ2) is 10.7. The minimum atomic E-state index is -1.02. The van der Waals surface area contributed by atoms with Gasteiger partial charge in [0.15, 0.2) is 0 Å². The van der Waals surface area contributed by atoms with Gasteiger partial charge in [-0.25, -0.2) is 4.79 Å². The Morgan fingerprint density at radius 3 is 2.40 bits per heavy atom. The number of aryl methyl sites for hydroxylation is 2. The molecule has 1 heterocycles. The van der Waals surface area contributed by atoms with Gasteiger partial charge >= 0.3 is 6.09 Å². The number of fused-ring (bicyclic) bond motifs is 1. The van der Waals surface area contributed by atoms with Gasteiger partial charge in [-0.2, -0.15) is 4.90 Å². The third kappa shape index (κ3) is 5.04. The second-order valence-corrected chi connectivity index (χ2v) is 9.57. The minimum Gasteiger partial charge on any atom is -0.507 e. The second-order valence-electron chi connectivity index (χ2n) is 9.57. The van der Waals surface area contributed by atoms with E-state index in [1.165, 1.54) is 0 Å². The number of hydrogen-bond donors (Lipinski definition) is 3. The monoisotopic (exact) mass is 485 g/mol. The number of aliphatic hydroxyl groups is 2. The van der Waals surface area contributed by atoms with Gasteiger partial charge in [0.2, 0.25) is 11.8 Å². The number of aromatic hydroxyl groups is 1. The number of methoxy groups -OCH3 is 1. The van der Waals surface area contributed by atoms with E-state index in [2.05, 4.69) is 4.74 Å². The van der Waals surface area contributed by atoms with E-state index >= 15 is 0 Å². The van der Waals surface area contributed by atoms with Crippen LogP contribution in [0.1, 0.15) is 56.2 Å². The molecule has 8 nitrogen and oxygen atoms in total. The molecule has 190 valence electrons. The first-order chi connectivity index (χ1) is 16.5. The third-order valence-corrected chi connectivity index (χ3v) is 7.26. The van der Waals surface area contributed by atoms with Gasteiger partial charge in [-0.05, 0) is 80.9 Å². The summed E-state index contributed by atoms with van der Waals surface area (Å²) in [6.45, 7) is 7.16. The molecule has 3 N–H and O–H groups in total. The quantitative estimate of drug-likeness (QED) is 0.398. The number of imide groups is 3. The van der Waals surface area contributed by atoms with Crippen molar-refractivity contribution in [2.24, 2.45) is 17.8 Å². The zero-order chi connectivity index (χ0) is 26.0. The van der Waals surface area contributed by atoms with Gasteiger partial charge in [-0.15, -0.1) is 0 Å². The molecule has 1 aliphatic carbocycles. The van der Waals surface area contributed by atoms with Crippen molar-refractivity contribution in [3.63, 3.8) is 0 Å². The summed E-state index contributed by atoms with van der Waals surface area (Å²) in [5.41, 5.74) is 5.03. The van der Waals surface area contributed by atoms with Crippen LogP contribution in [0.25, 0.3) is 6.08 Å². The lowest BCUT2D eigenvalue weighted by molar-refractivity contribution is -0.137. The Morgan fingerprint density at radius 1 is 1.23 bits per heavy atom. The third-order valence-electron chi connectivity index (χ3n) is 7.26. The number of phenols is 1. The Bertz CT molecular complexity index is 1060. The molecule has 3 amide bonds. The zero-order valence-corrected chi connectivity index (χ0v) is 21.0. The van der Waals surface area contributed by atoms with E-state index in [1.54, 1.807) is 0 Å². The highest BCUT2D eigenvalue weighted by atomic mass is 16.5. The molecule has 1 fully saturated rings. The highest BCUT2D eigenvalue weighted by molar-refractivity contribution is 6.15. The van der Waals surface area contributed by atoms with E-state index in [4.69, 9.17) is 0 Å². The minimum absolute atomic E-state index is 0.267. The van der Waals surface area contributed by atoms with Crippen LogP contribution >= 0.6 is 0 Å². The fourth-order valence-electron chi connectivity index (χ4n) is 5.52. The Morgan fingerprint density at radius 2 is 1.86 bits per heavy atom. The molecular weight excluding hydrogens is 450 g/mol. The van der Waals surface area contributed by atoms with Gasteiger partial charge in [0.1, 0.15) is 5.75 Å². The largest absolute Gasteiger partial charge is 0.507 e. The number of carbonyl (C=O) groups excluding carboxylic acids is 3. The van der Waals surface area contributed by atoms with Crippen molar-refractivity contribution in [1.82, 2.24) is 4.90 Å². The molecule has 1 aromatic carbocycles. The molecular formula is C27H35NO7. The molecule has 0 saturated carbocycles. The van der Waals surface area contributed by atoms with Crippen LogP contribution in [0.5, 0.6) is 5.75 Å². The van der Waals surface area contributed by atoms with Crippen LogP contribution in [0, 0.1) is 31.6 Å². The number of carbonyl (C=O) groups is 3. The molecule has 0 radical (unpaired) electrons. The molecule has 3 rings (SSSR count). The van der Waals surface area contributed by atoms with E-state index in [-0.39, 0.29) is 12.2 Å². The van der Waals surface area contributed by atoms with E-state index in [0.717, 1.165) is 34.9 Å². The predicted octanol–water partition coefficient (Wildman–Crippen LogP) is 3.64. The standard InChI is InChI=1S/C27H35NO7/c1-6-18-12-19-23(26(33)28(25(19)32)27(34)35-5)20(13-29)22(18)21(30)8-7-14(2)9-17-10-15(3)24(31)16(4)11-17/h9-11,19-21,23,29-31H,6-8,12-13H2,1-5H3/b14-9+/t19-,20+,21-,23-/m1/s1. The lowest BCUT2D eigenvalue weighted by Crippen LogP contribution is -2.40. The van der Waals surface area contributed by atoms with E-state index < -0.39 is 48.4 Å². The van der Waals surface area contributed by atoms with Crippen molar-refractivity contribution in [2.45, 2.75) is 59.5 Å². The van der Waals surface area contributed by atoms with Gasteiger partial charge in [-0.3, -0.25) is 9.59 Å². The molecule has 1 aliphatic heterocycles. The molecule has 2 aliphatic rings.